The van der Waals surface area contributed by atoms with E-state index in [0.29, 0.717) is 19.6 Å². The van der Waals surface area contributed by atoms with E-state index in [1.807, 2.05) is 6.92 Å². The van der Waals surface area contributed by atoms with Crippen LogP contribution < -0.4 is 16.0 Å². The molecule has 0 atom stereocenters. The van der Waals surface area contributed by atoms with E-state index in [4.69, 9.17) is 0 Å². The molecule has 1 aliphatic rings. The Bertz CT molecular complexity index is 594. The smallest absolute Gasteiger partial charge is 0.223 e. The molecule has 0 aliphatic heterocycles. The molecule has 6 heteroatoms. The highest BCUT2D eigenvalue weighted by atomic mass is 19.1. The topological polar surface area (TPSA) is 65.5 Å². The van der Waals surface area contributed by atoms with E-state index in [0.717, 1.165) is 30.9 Å². The predicted molar refractivity (Wildman–Crippen MR) is 99.1 cm³/mol. The number of aliphatic imine (C=N–C) groups is 1. The van der Waals surface area contributed by atoms with Crippen molar-refractivity contribution in [1.29, 1.82) is 0 Å². The standard InChI is InChI=1S/C19H29FN4O/c1-4-21-18(23-12-11-22-17(25)14-5-6-14)24-13-19(2,3)15-7-9-16(20)10-8-15/h7-10,14H,4-6,11-13H2,1-3H3,(H,22,25)(H2,21,23,24). The molecule has 1 fully saturated rings. The van der Waals surface area contributed by atoms with Gasteiger partial charge in [0.1, 0.15) is 5.82 Å². The maximum Gasteiger partial charge on any atom is 0.223 e. The highest BCUT2D eigenvalue weighted by Crippen LogP contribution is 2.28. The molecular formula is C19H29FN4O. The second-order valence-corrected chi connectivity index (χ2v) is 7.08. The Labute approximate surface area is 149 Å². The molecule has 0 heterocycles. The molecule has 3 N–H and O–H groups in total. The number of guanidine groups is 1. The molecule has 0 radical (unpaired) electrons. The minimum absolute atomic E-state index is 0.154. The normalized spacial score (nSPS) is 15.0. The Balaban J connectivity index is 1.84. The van der Waals surface area contributed by atoms with Gasteiger partial charge in [-0.05, 0) is 37.5 Å². The van der Waals surface area contributed by atoms with Crippen LogP contribution in [0, 0.1) is 11.7 Å². The van der Waals surface area contributed by atoms with E-state index in [-0.39, 0.29) is 23.1 Å². The summed E-state index contributed by atoms with van der Waals surface area (Å²) in [7, 11) is 0. The van der Waals surface area contributed by atoms with E-state index in [2.05, 4.69) is 34.8 Å². The highest BCUT2D eigenvalue weighted by Gasteiger charge is 2.29. The van der Waals surface area contributed by atoms with Crippen LogP contribution in [0.25, 0.3) is 0 Å². The summed E-state index contributed by atoms with van der Waals surface area (Å²) in [6, 6.07) is 6.57. The molecule has 1 saturated carbocycles. The van der Waals surface area contributed by atoms with Gasteiger partial charge in [-0.25, -0.2) is 4.39 Å². The molecule has 0 bridgehead atoms. The largest absolute Gasteiger partial charge is 0.357 e. The Morgan fingerprint density at radius 1 is 1.16 bits per heavy atom. The Hall–Kier alpha value is -2.11. The number of rotatable bonds is 8. The molecule has 0 unspecified atom stereocenters. The zero-order valence-electron chi connectivity index (χ0n) is 15.4. The van der Waals surface area contributed by atoms with Gasteiger partial charge < -0.3 is 16.0 Å². The van der Waals surface area contributed by atoms with E-state index in [1.54, 1.807) is 12.1 Å². The van der Waals surface area contributed by atoms with Gasteiger partial charge in [-0.1, -0.05) is 26.0 Å². The van der Waals surface area contributed by atoms with Gasteiger partial charge in [-0.15, -0.1) is 0 Å². The lowest BCUT2D eigenvalue weighted by atomic mass is 9.85. The summed E-state index contributed by atoms with van der Waals surface area (Å²) >= 11 is 0. The van der Waals surface area contributed by atoms with Gasteiger partial charge in [0.05, 0.1) is 6.54 Å². The molecule has 0 saturated heterocycles. The van der Waals surface area contributed by atoms with Crippen LogP contribution in [-0.4, -0.2) is 38.0 Å². The van der Waals surface area contributed by atoms with Crippen molar-refractivity contribution in [3.05, 3.63) is 35.6 Å². The number of carbonyl (C=O) groups is 1. The van der Waals surface area contributed by atoms with Crippen LogP contribution in [0.3, 0.4) is 0 Å². The number of halogens is 1. The molecule has 1 aromatic carbocycles. The monoisotopic (exact) mass is 348 g/mol. The maximum atomic E-state index is 13.1. The van der Waals surface area contributed by atoms with Crippen molar-refractivity contribution >= 4 is 11.9 Å². The second kappa shape index (κ2) is 8.83. The molecule has 2 rings (SSSR count). The minimum atomic E-state index is -0.230. The van der Waals surface area contributed by atoms with Crippen LogP contribution in [0.1, 0.15) is 39.2 Å². The van der Waals surface area contributed by atoms with Gasteiger partial charge in [-0.3, -0.25) is 9.79 Å². The Morgan fingerprint density at radius 3 is 2.40 bits per heavy atom. The first-order chi connectivity index (χ1) is 11.9. The average molecular weight is 348 g/mol. The molecule has 0 spiro atoms. The third-order valence-electron chi connectivity index (χ3n) is 4.27. The summed E-state index contributed by atoms with van der Waals surface area (Å²) in [5.41, 5.74) is 0.848. The zero-order valence-corrected chi connectivity index (χ0v) is 15.4. The number of nitrogens with one attached hydrogen (secondary N) is 3. The van der Waals surface area contributed by atoms with Crippen molar-refractivity contribution in [2.75, 3.05) is 26.2 Å². The van der Waals surface area contributed by atoms with Crippen molar-refractivity contribution in [3.63, 3.8) is 0 Å². The van der Waals surface area contributed by atoms with Crippen LogP contribution in [0.15, 0.2) is 29.3 Å². The highest BCUT2D eigenvalue weighted by molar-refractivity contribution is 5.81. The first kappa shape index (κ1) is 19.2. The van der Waals surface area contributed by atoms with E-state index < -0.39 is 0 Å². The van der Waals surface area contributed by atoms with Gasteiger partial charge >= 0.3 is 0 Å². The number of hydrogen-bond acceptors (Lipinski definition) is 2. The molecule has 1 amide bonds. The zero-order chi connectivity index (χ0) is 18.3. The third kappa shape index (κ3) is 6.36. The fraction of sp³-hybridized carbons (Fsp3) is 0.579. The van der Waals surface area contributed by atoms with E-state index in [1.165, 1.54) is 12.1 Å². The summed E-state index contributed by atoms with van der Waals surface area (Å²) in [6.07, 6.45) is 2.03. The summed E-state index contributed by atoms with van der Waals surface area (Å²) < 4.78 is 13.1. The van der Waals surface area contributed by atoms with Gasteiger partial charge in [0, 0.05) is 31.0 Å². The number of amides is 1. The molecular weight excluding hydrogens is 319 g/mol. The van der Waals surface area contributed by atoms with Gasteiger partial charge in [0.15, 0.2) is 5.96 Å². The fourth-order valence-corrected chi connectivity index (χ4v) is 2.47. The quantitative estimate of drug-likeness (QED) is 0.383. The fourth-order valence-electron chi connectivity index (χ4n) is 2.47. The van der Waals surface area contributed by atoms with Crippen molar-refractivity contribution in [2.45, 2.75) is 39.0 Å². The van der Waals surface area contributed by atoms with E-state index in [9.17, 15) is 9.18 Å². The lowest BCUT2D eigenvalue weighted by Gasteiger charge is -2.24. The van der Waals surface area contributed by atoms with Crippen LogP contribution >= 0.6 is 0 Å². The first-order valence-corrected chi connectivity index (χ1v) is 8.98. The second-order valence-electron chi connectivity index (χ2n) is 7.08. The Kier molecular flexibility index (Phi) is 6.79. The predicted octanol–water partition coefficient (Wildman–Crippen LogP) is 2.18. The van der Waals surface area contributed by atoms with E-state index >= 15 is 0 Å². The molecule has 1 aromatic rings. The van der Waals surface area contributed by atoms with Crippen LogP contribution in [0.2, 0.25) is 0 Å². The van der Waals surface area contributed by atoms with Crippen molar-refractivity contribution < 1.29 is 9.18 Å². The van der Waals surface area contributed by atoms with Crippen molar-refractivity contribution in [2.24, 2.45) is 10.9 Å². The molecule has 138 valence electrons. The summed E-state index contributed by atoms with van der Waals surface area (Å²) in [6.45, 7) is 8.73. The van der Waals surface area contributed by atoms with Crippen LogP contribution in [-0.2, 0) is 10.2 Å². The lowest BCUT2D eigenvalue weighted by molar-refractivity contribution is -0.122. The molecule has 25 heavy (non-hydrogen) atoms. The number of nitrogens with zero attached hydrogens (tertiary/aromatic N) is 1. The van der Waals surface area contributed by atoms with Gasteiger partial charge in [-0.2, -0.15) is 0 Å². The minimum Gasteiger partial charge on any atom is -0.357 e. The SMILES string of the molecule is CCNC(=NCC(C)(C)c1ccc(F)cc1)NCCNC(=O)C1CC1. The average Bonchev–Trinajstić information content (AvgIpc) is 3.41. The van der Waals surface area contributed by atoms with Crippen molar-refractivity contribution in [3.8, 4) is 0 Å². The number of benzene rings is 1. The van der Waals surface area contributed by atoms with Gasteiger partial charge in [0.2, 0.25) is 5.91 Å². The maximum absolute atomic E-state index is 13.1. The Morgan fingerprint density at radius 2 is 1.80 bits per heavy atom. The summed E-state index contributed by atoms with van der Waals surface area (Å²) in [4.78, 5) is 16.2. The summed E-state index contributed by atoms with van der Waals surface area (Å²) in [5.74, 6) is 0.879. The molecule has 0 aromatic heterocycles. The van der Waals surface area contributed by atoms with Crippen LogP contribution in [0.5, 0.6) is 0 Å². The van der Waals surface area contributed by atoms with Gasteiger partial charge in [0.25, 0.3) is 0 Å². The van der Waals surface area contributed by atoms with Crippen LogP contribution in [0.4, 0.5) is 4.39 Å². The molecule has 1 aliphatic carbocycles. The van der Waals surface area contributed by atoms with Crippen molar-refractivity contribution in [1.82, 2.24) is 16.0 Å². The number of carbonyl (C=O) groups excluding carboxylic acids is 1. The summed E-state index contributed by atoms with van der Waals surface area (Å²) in [5, 5.41) is 9.36. The molecule has 5 nitrogen and oxygen atoms in total. The first-order valence-electron chi connectivity index (χ1n) is 8.98. The number of hydrogen-bond donors (Lipinski definition) is 3. The lowest BCUT2D eigenvalue weighted by Crippen LogP contribution is -2.42. The third-order valence-corrected chi connectivity index (χ3v) is 4.27.